The van der Waals surface area contributed by atoms with E-state index in [-0.39, 0.29) is 0 Å². The first-order valence-electron chi connectivity index (χ1n) is 6.68. The fourth-order valence-corrected chi connectivity index (χ4v) is 2.74. The van der Waals surface area contributed by atoms with E-state index in [1.54, 1.807) is 0 Å². The molecule has 1 aromatic heterocycles. The number of piperidine rings is 1. The normalized spacial score (nSPS) is 29.6. The number of aromatic nitrogens is 2. The molecule has 0 radical (unpaired) electrons. The lowest BCUT2D eigenvalue weighted by Gasteiger charge is -2.20. The summed E-state index contributed by atoms with van der Waals surface area (Å²) in [5.74, 6) is 2.33. The van der Waals surface area contributed by atoms with Gasteiger partial charge in [-0.3, -0.25) is 0 Å². The maximum absolute atomic E-state index is 5.35. The highest BCUT2D eigenvalue weighted by atomic mass is 16.5. The van der Waals surface area contributed by atoms with Crippen molar-refractivity contribution in [3.8, 4) is 0 Å². The zero-order valence-electron chi connectivity index (χ0n) is 10.1. The number of nitrogens with zero attached hydrogens (tertiary/aromatic N) is 2. The third-order valence-corrected chi connectivity index (χ3v) is 3.71. The Bertz CT molecular complexity index is 353. The highest BCUT2D eigenvalue weighted by Crippen LogP contribution is 2.22. The molecule has 94 valence electrons. The fourth-order valence-electron chi connectivity index (χ4n) is 2.74. The van der Waals surface area contributed by atoms with Crippen LogP contribution in [0.2, 0.25) is 0 Å². The Morgan fingerprint density at radius 3 is 2.94 bits per heavy atom. The number of hydrogen-bond donors (Lipinski definition) is 2. The number of nitrogens with one attached hydrogen (secondary N) is 2. The predicted octanol–water partition coefficient (Wildman–Crippen LogP) is 1.04. The largest absolute Gasteiger partial charge is 0.338 e. The van der Waals surface area contributed by atoms with Crippen molar-refractivity contribution in [3.05, 3.63) is 11.7 Å². The topological polar surface area (TPSA) is 63.0 Å². The van der Waals surface area contributed by atoms with Crippen LogP contribution in [-0.2, 0) is 6.42 Å². The van der Waals surface area contributed by atoms with E-state index in [0.717, 1.165) is 44.2 Å². The Balaban J connectivity index is 1.59. The van der Waals surface area contributed by atoms with Gasteiger partial charge >= 0.3 is 0 Å². The Labute approximate surface area is 101 Å². The van der Waals surface area contributed by atoms with Gasteiger partial charge in [0.05, 0.1) is 6.04 Å². The van der Waals surface area contributed by atoms with Gasteiger partial charge in [0.15, 0.2) is 5.82 Å². The molecule has 0 spiro atoms. The van der Waals surface area contributed by atoms with E-state index in [9.17, 15) is 0 Å². The molecule has 3 heterocycles. The first kappa shape index (κ1) is 11.2. The van der Waals surface area contributed by atoms with Crippen LogP contribution in [0.1, 0.15) is 43.4 Å². The molecule has 0 bridgehead atoms. The number of hydrogen-bond acceptors (Lipinski definition) is 5. The predicted molar refractivity (Wildman–Crippen MR) is 63.6 cm³/mol. The minimum atomic E-state index is 0.292. The van der Waals surface area contributed by atoms with Gasteiger partial charge in [-0.05, 0) is 51.2 Å². The molecule has 0 saturated carbocycles. The molecule has 2 saturated heterocycles. The molecule has 17 heavy (non-hydrogen) atoms. The van der Waals surface area contributed by atoms with Crippen LogP contribution >= 0.6 is 0 Å². The smallest absolute Gasteiger partial charge is 0.243 e. The van der Waals surface area contributed by atoms with Gasteiger partial charge in [0.2, 0.25) is 5.89 Å². The van der Waals surface area contributed by atoms with Gasteiger partial charge < -0.3 is 15.2 Å². The fraction of sp³-hybridized carbons (Fsp3) is 0.833. The Morgan fingerprint density at radius 2 is 2.18 bits per heavy atom. The van der Waals surface area contributed by atoms with Gasteiger partial charge in [-0.25, -0.2) is 0 Å². The van der Waals surface area contributed by atoms with E-state index in [1.807, 2.05) is 0 Å². The van der Waals surface area contributed by atoms with Crippen molar-refractivity contribution in [1.82, 2.24) is 20.8 Å². The summed E-state index contributed by atoms with van der Waals surface area (Å²) in [5.41, 5.74) is 0. The van der Waals surface area contributed by atoms with Crippen molar-refractivity contribution in [2.75, 3.05) is 19.6 Å². The average Bonchev–Trinajstić information content (AvgIpc) is 3.00. The molecule has 3 rings (SSSR count). The molecule has 2 aliphatic rings. The summed E-state index contributed by atoms with van der Waals surface area (Å²) in [6, 6.07) is 0.292. The summed E-state index contributed by atoms with van der Waals surface area (Å²) in [6.07, 6.45) is 5.81. The van der Waals surface area contributed by atoms with Gasteiger partial charge in [0.25, 0.3) is 0 Å². The molecular weight excluding hydrogens is 216 g/mol. The van der Waals surface area contributed by atoms with Gasteiger partial charge in [0, 0.05) is 6.42 Å². The van der Waals surface area contributed by atoms with E-state index >= 15 is 0 Å². The summed E-state index contributed by atoms with van der Waals surface area (Å²) >= 11 is 0. The first-order valence-corrected chi connectivity index (χ1v) is 6.68. The minimum Gasteiger partial charge on any atom is -0.338 e. The van der Waals surface area contributed by atoms with Crippen molar-refractivity contribution in [2.24, 2.45) is 5.92 Å². The second-order valence-corrected chi connectivity index (χ2v) is 5.11. The van der Waals surface area contributed by atoms with Crippen LogP contribution in [0, 0.1) is 5.92 Å². The molecule has 2 atom stereocenters. The summed E-state index contributed by atoms with van der Waals surface area (Å²) in [6.45, 7) is 3.31. The van der Waals surface area contributed by atoms with Gasteiger partial charge in [-0.2, -0.15) is 4.98 Å². The second-order valence-electron chi connectivity index (χ2n) is 5.11. The molecule has 5 nitrogen and oxygen atoms in total. The quantitative estimate of drug-likeness (QED) is 0.821. The lowest BCUT2D eigenvalue weighted by Crippen LogP contribution is -2.31. The lowest BCUT2D eigenvalue weighted by atomic mass is 9.96. The molecule has 1 aromatic rings. The van der Waals surface area contributed by atoms with Crippen molar-refractivity contribution in [3.63, 3.8) is 0 Å². The Morgan fingerprint density at radius 1 is 1.24 bits per heavy atom. The zero-order valence-corrected chi connectivity index (χ0v) is 10.1. The molecule has 5 heteroatoms. The summed E-state index contributed by atoms with van der Waals surface area (Å²) in [4.78, 5) is 4.52. The van der Waals surface area contributed by atoms with Gasteiger partial charge in [-0.15, -0.1) is 0 Å². The maximum atomic E-state index is 5.35. The molecule has 2 N–H and O–H groups in total. The third kappa shape index (κ3) is 2.66. The van der Waals surface area contributed by atoms with Crippen LogP contribution in [-0.4, -0.2) is 29.8 Å². The van der Waals surface area contributed by atoms with Crippen molar-refractivity contribution < 1.29 is 4.52 Å². The summed E-state index contributed by atoms with van der Waals surface area (Å²) in [5, 5.41) is 10.9. The molecule has 0 aliphatic carbocycles. The van der Waals surface area contributed by atoms with Crippen molar-refractivity contribution in [1.29, 1.82) is 0 Å². The van der Waals surface area contributed by atoms with Crippen LogP contribution in [0.4, 0.5) is 0 Å². The molecule has 2 unspecified atom stereocenters. The molecule has 0 amide bonds. The standard InChI is InChI=1S/C12H20N4O/c1-3-9(8-13-5-1)7-11-15-12(17-16-11)10-4-2-6-14-10/h9-10,13-14H,1-8H2. The Kier molecular flexibility index (Phi) is 3.38. The van der Waals surface area contributed by atoms with E-state index in [1.165, 1.54) is 19.3 Å². The highest BCUT2D eigenvalue weighted by Gasteiger charge is 2.23. The van der Waals surface area contributed by atoms with Crippen LogP contribution in [0.25, 0.3) is 0 Å². The van der Waals surface area contributed by atoms with E-state index in [4.69, 9.17) is 4.52 Å². The minimum absolute atomic E-state index is 0.292. The van der Waals surface area contributed by atoms with Crippen LogP contribution in [0.5, 0.6) is 0 Å². The highest BCUT2D eigenvalue weighted by molar-refractivity contribution is 4.96. The van der Waals surface area contributed by atoms with Crippen LogP contribution < -0.4 is 10.6 Å². The third-order valence-electron chi connectivity index (χ3n) is 3.71. The zero-order chi connectivity index (χ0) is 11.5. The molecule has 0 aromatic carbocycles. The summed E-state index contributed by atoms with van der Waals surface area (Å²) < 4.78 is 5.35. The molecule has 2 aliphatic heterocycles. The van der Waals surface area contributed by atoms with Crippen LogP contribution in [0.3, 0.4) is 0 Å². The maximum Gasteiger partial charge on any atom is 0.243 e. The first-order chi connectivity index (χ1) is 8.42. The van der Waals surface area contributed by atoms with Gasteiger partial charge in [0.1, 0.15) is 0 Å². The average molecular weight is 236 g/mol. The van der Waals surface area contributed by atoms with E-state index in [0.29, 0.717) is 12.0 Å². The SMILES string of the molecule is C1CNCC(Cc2noc(C3CCCN3)n2)C1. The second kappa shape index (κ2) is 5.14. The lowest BCUT2D eigenvalue weighted by molar-refractivity contribution is 0.332. The van der Waals surface area contributed by atoms with Crippen molar-refractivity contribution in [2.45, 2.75) is 38.1 Å². The van der Waals surface area contributed by atoms with Crippen molar-refractivity contribution >= 4 is 0 Å². The van der Waals surface area contributed by atoms with E-state index in [2.05, 4.69) is 20.8 Å². The summed E-state index contributed by atoms with van der Waals surface area (Å²) in [7, 11) is 0. The molecule has 2 fully saturated rings. The van der Waals surface area contributed by atoms with Gasteiger partial charge in [-0.1, -0.05) is 5.16 Å². The van der Waals surface area contributed by atoms with E-state index < -0.39 is 0 Å². The molecular formula is C12H20N4O. The Hall–Kier alpha value is -0.940. The monoisotopic (exact) mass is 236 g/mol. The van der Waals surface area contributed by atoms with Crippen LogP contribution in [0.15, 0.2) is 4.52 Å². The number of rotatable bonds is 3.